The molecule has 0 aromatic rings. The maximum atomic E-state index is 4.93. The van der Waals surface area contributed by atoms with Gasteiger partial charge in [-0.1, -0.05) is 53.4 Å². The van der Waals surface area contributed by atoms with Crippen molar-refractivity contribution in [3.63, 3.8) is 0 Å². The second kappa shape index (κ2) is 16.9. The molecule has 0 atom stereocenters. The molecule has 0 heterocycles. The number of hydrogen-bond donors (Lipinski definition) is 0. The quantitative estimate of drug-likeness (QED) is 0.450. The van der Waals surface area contributed by atoms with E-state index in [0.717, 1.165) is 24.7 Å². The van der Waals surface area contributed by atoms with E-state index >= 15 is 0 Å². The second-order valence-corrected chi connectivity index (χ2v) is 8.97. The van der Waals surface area contributed by atoms with Crippen molar-refractivity contribution in [2.45, 2.75) is 66.2 Å². The van der Waals surface area contributed by atoms with Crippen molar-refractivity contribution in [3.8, 4) is 0 Å². The Bertz CT molecular complexity index is 224. The molecule has 122 valence electrons. The molecule has 3 heteroatoms. The molecule has 0 N–H and O–H groups in total. The van der Waals surface area contributed by atoms with Gasteiger partial charge in [0.2, 0.25) is 0 Å². The van der Waals surface area contributed by atoms with Gasteiger partial charge in [-0.15, -0.1) is 0 Å². The fourth-order valence-electron chi connectivity index (χ4n) is 1.87. The van der Waals surface area contributed by atoms with Crippen molar-refractivity contribution < 1.29 is 20.8 Å². The summed E-state index contributed by atoms with van der Waals surface area (Å²) in [5, 5.41) is 0. The van der Waals surface area contributed by atoms with Crippen LogP contribution in [-0.2, 0) is 20.8 Å². The van der Waals surface area contributed by atoms with Crippen molar-refractivity contribution in [2.75, 3.05) is 0 Å². The van der Waals surface area contributed by atoms with Gasteiger partial charge in [-0.05, 0) is 75.0 Å². The zero-order valence-electron chi connectivity index (χ0n) is 14.5. The van der Waals surface area contributed by atoms with Crippen LogP contribution in [-0.4, -0.2) is 0 Å². The molecule has 0 aromatic heterocycles. The maximum absolute atomic E-state index is 4.93. The number of rotatable bonds is 6. The molecule has 2 rings (SSSR count). The molecule has 2 aliphatic carbocycles. The van der Waals surface area contributed by atoms with E-state index < -0.39 is 20.8 Å². The Morgan fingerprint density at radius 2 is 1.09 bits per heavy atom. The first-order valence-electron chi connectivity index (χ1n) is 8.00. The Hall–Kier alpha value is 1.46. The normalized spacial score (nSPS) is 19.9. The summed E-state index contributed by atoms with van der Waals surface area (Å²) >= 11 is -0.826. The fourth-order valence-corrected chi connectivity index (χ4v) is 1.87. The minimum atomic E-state index is -0.826. The van der Waals surface area contributed by atoms with E-state index in [-0.39, 0.29) is 0 Å². The van der Waals surface area contributed by atoms with Crippen molar-refractivity contribution in [2.24, 2.45) is 0 Å². The van der Waals surface area contributed by atoms with E-state index in [0.29, 0.717) is 0 Å². The summed E-state index contributed by atoms with van der Waals surface area (Å²) in [6.07, 6.45) is 25.7. The predicted molar refractivity (Wildman–Crippen MR) is 94.5 cm³/mol. The molecule has 2 fully saturated rings. The molecule has 0 bridgehead atoms. The van der Waals surface area contributed by atoms with Crippen LogP contribution in [0.3, 0.4) is 0 Å². The Balaban J connectivity index is 0.000000360. The first-order valence-corrected chi connectivity index (χ1v) is 14.3. The van der Waals surface area contributed by atoms with Gasteiger partial charge in [-0.2, -0.15) is 0 Å². The molecule has 0 saturated heterocycles. The molecule has 0 amide bonds. The third kappa shape index (κ3) is 14.3. The fraction of sp³-hybridized carbons (Fsp3) is 0.500. The third-order valence-electron chi connectivity index (χ3n) is 3.04. The number of unbranched alkanes of at least 4 members (excludes halogenated alkanes) is 2. The molecule has 0 aromatic carbocycles. The third-order valence-corrected chi connectivity index (χ3v) is 3.04. The van der Waals surface area contributed by atoms with E-state index in [1.165, 1.54) is 37.5 Å². The van der Waals surface area contributed by atoms with Gasteiger partial charge in [0, 0.05) is 0 Å². The second-order valence-electron chi connectivity index (χ2n) is 5.24. The van der Waals surface area contributed by atoms with Gasteiger partial charge in [-0.25, -0.2) is 0 Å². The molecule has 0 spiro atoms. The van der Waals surface area contributed by atoms with Crippen LogP contribution < -0.4 is 0 Å². The summed E-state index contributed by atoms with van der Waals surface area (Å²) in [5.41, 5.74) is 0. The van der Waals surface area contributed by atoms with Crippen molar-refractivity contribution in [1.82, 2.24) is 0 Å². The SMILES string of the molecule is CCCC[C]1[C][C][C](C)[C]1.CCCC[C]1[C][C][C](C)[C]1.[Cl][Zr][Cl]. The van der Waals surface area contributed by atoms with Gasteiger partial charge in [0.15, 0.2) is 0 Å². The standard InChI is InChI=1S/2C10H12.2ClH.Zr/c2*1-3-4-5-10-7-6-9(2)8-10;;;/h2*3-5H2,1-2H3;2*1H;/q;;;;+2/p-2. The molecular weight excluding hydrogens is 402 g/mol. The molecule has 2 saturated carbocycles. The molecule has 0 aliphatic heterocycles. The van der Waals surface area contributed by atoms with Gasteiger partial charge in [-0.3, -0.25) is 0 Å². The number of halogens is 2. The Morgan fingerprint density at radius 1 is 0.739 bits per heavy atom. The Labute approximate surface area is 165 Å². The van der Waals surface area contributed by atoms with Crippen LogP contribution in [0, 0.1) is 62.2 Å². The topological polar surface area (TPSA) is 0 Å². The Morgan fingerprint density at radius 3 is 1.30 bits per heavy atom. The molecule has 0 unspecified atom stereocenters. The van der Waals surface area contributed by atoms with Crippen LogP contribution in [0.2, 0.25) is 0 Å². The summed E-state index contributed by atoms with van der Waals surface area (Å²) < 4.78 is 0. The Kier molecular flexibility index (Phi) is 18.0. The van der Waals surface area contributed by atoms with Crippen LogP contribution in [0.5, 0.6) is 0 Å². The van der Waals surface area contributed by atoms with Crippen molar-refractivity contribution in [1.29, 1.82) is 0 Å². The van der Waals surface area contributed by atoms with E-state index in [2.05, 4.69) is 52.4 Å². The van der Waals surface area contributed by atoms with Crippen molar-refractivity contribution in [3.05, 3.63) is 62.2 Å². The average molecular weight is 427 g/mol. The molecular formula is C20H24Cl2Zr. The van der Waals surface area contributed by atoms with E-state index in [1.807, 2.05) is 13.8 Å². The number of hydrogen-bond acceptors (Lipinski definition) is 0. The van der Waals surface area contributed by atoms with E-state index in [4.69, 9.17) is 17.0 Å². The summed E-state index contributed by atoms with van der Waals surface area (Å²) in [6, 6.07) is 0. The van der Waals surface area contributed by atoms with Gasteiger partial charge in [0.05, 0.1) is 0 Å². The van der Waals surface area contributed by atoms with E-state index in [1.54, 1.807) is 0 Å². The zero-order chi connectivity index (χ0) is 17.5. The first kappa shape index (κ1) is 24.5. The first-order chi connectivity index (χ1) is 11.1. The summed E-state index contributed by atoms with van der Waals surface area (Å²) in [4.78, 5) is 0. The average Bonchev–Trinajstić information content (AvgIpc) is 3.13. The molecule has 0 nitrogen and oxygen atoms in total. The predicted octanol–water partition coefficient (Wildman–Crippen LogP) is 6.58. The van der Waals surface area contributed by atoms with Crippen LogP contribution in [0.15, 0.2) is 0 Å². The van der Waals surface area contributed by atoms with Gasteiger partial charge < -0.3 is 0 Å². The molecule has 23 heavy (non-hydrogen) atoms. The van der Waals surface area contributed by atoms with Crippen LogP contribution >= 0.6 is 17.0 Å². The molecule has 2 aliphatic rings. The van der Waals surface area contributed by atoms with Gasteiger partial charge >= 0.3 is 37.9 Å². The van der Waals surface area contributed by atoms with Crippen molar-refractivity contribution >= 4 is 17.0 Å². The van der Waals surface area contributed by atoms with Crippen LogP contribution in [0.25, 0.3) is 0 Å². The monoisotopic (exact) mass is 424 g/mol. The van der Waals surface area contributed by atoms with Gasteiger partial charge in [0.1, 0.15) is 0 Å². The summed E-state index contributed by atoms with van der Waals surface area (Å²) in [6.45, 7) is 8.40. The molecule has 16 radical (unpaired) electrons. The van der Waals surface area contributed by atoms with Crippen LogP contribution in [0.1, 0.15) is 66.2 Å². The minimum absolute atomic E-state index is 0.826. The summed E-state index contributed by atoms with van der Waals surface area (Å²) in [7, 11) is 9.87. The van der Waals surface area contributed by atoms with Crippen LogP contribution in [0.4, 0.5) is 0 Å². The van der Waals surface area contributed by atoms with E-state index in [9.17, 15) is 0 Å². The zero-order valence-corrected chi connectivity index (χ0v) is 18.5. The summed E-state index contributed by atoms with van der Waals surface area (Å²) in [5.74, 6) is 4.57. The van der Waals surface area contributed by atoms with Gasteiger partial charge in [0.25, 0.3) is 0 Å².